The van der Waals surface area contributed by atoms with Crippen LogP contribution in [-0.2, 0) is 0 Å². The molecule has 21 heavy (non-hydrogen) atoms. The third-order valence-corrected chi connectivity index (χ3v) is 4.69. The fraction of sp³-hybridized carbons (Fsp3) is 0.700. The minimum absolute atomic E-state index is 0.300. The Kier molecular flexibility index (Phi) is 8.03. The van der Waals surface area contributed by atoms with Gasteiger partial charge in [-0.1, -0.05) is 48.8 Å². The maximum absolute atomic E-state index is 10.5. The highest BCUT2D eigenvalue weighted by Crippen LogP contribution is 2.26. The quantitative estimate of drug-likeness (QED) is 0.604. The van der Waals surface area contributed by atoms with Crippen molar-refractivity contribution >= 4 is 0 Å². The number of hydrogen-bond acceptors (Lipinski definition) is 1. The van der Waals surface area contributed by atoms with Crippen LogP contribution in [0.4, 0.5) is 0 Å². The fourth-order valence-corrected chi connectivity index (χ4v) is 3.09. The summed E-state index contributed by atoms with van der Waals surface area (Å²) in [6.07, 6.45) is 13.2. The Morgan fingerprint density at radius 1 is 0.905 bits per heavy atom. The zero-order valence-electron chi connectivity index (χ0n) is 14.7. The molecular formula is C20H34O. The average molecular weight is 290 g/mol. The van der Waals surface area contributed by atoms with Crippen LogP contribution >= 0.6 is 0 Å². The van der Waals surface area contributed by atoms with E-state index in [9.17, 15) is 5.11 Å². The first-order chi connectivity index (χ1) is 9.90. The third kappa shape index (κ3) is 7.13. The second-order valence-electron chi connectivity index (χ2n) is 7.13. The van der Waals surface area contributed by atoms with E-state index in [-0.39, 0.29) is 6.10 Å². The first-order valence-corrected chi connectivity index (χ1v) is 8.56. The predicted octanol–water partition coefficient (Wildman–Crippen LogP) is 5.81. The van der Waals surface area contributed by atoms with Gasteiger partial charge in [0.25, 0.3) is 0 Å². The van der Waals surface area contributed by atoms with Gasteiger partial charge in [0.2, 0.25) is 0 Å². The van der Waals surface area contributed by atoms with E-state index in [0.717, 1.165) is 32.1 Å². The molecule has 0 aromatic rings. The number of allylic oxidation sites excluding steroid dienone is 5. The Bertz CT molecular complexity index is 398. The van der Waals surface area contributed by atoms with Crippen LogP contribution in [0.25, 0.3) is 0 Å². The van der Waals surface area contributed by atoms with Gasteiger partial charge in [0.1, 0.15) is 0 Å². The van der Waals surface area contributed by atoms with Crippen LogP contribution in [0.3, 0.4) is 0 Å². The number of aliphatic hydroxyl groups is 1. The normalized spacial score (nSPS) is 34.1. The lowest BCUT2D eigenvalue weighted by molar-refractivity contribution is 0.115. The fourth-order valence-electron chi connectivity index (χ4n) is 3.09. The first-order valence-electron chi connectivity index (χ1n) is 8.56. The summed E-state index contributed by atoms with van der Waals surface area (Å²) in [6, 6.07) is 0. The summed E-state index contributed by atoms with van der Waals surface area (Å²) in [7, 11) is 0. The molecule has 0 heterocycles. The maximum Gasteiger partial charge on any atom is 0.0754 e. The zero-order chi connectivity index (χ0) is 15.8. The molecular weight excluding hydrogens is 256 g/mol. The van der Waals surface area contributed by atoms with E-state index in [1.165, 1.54) is 23.1 Å². The Labute approximate surface area is 131 Å². The van der Waals surface area contributed by atoms with Gasteiger partial charge in [0, 0.05) is 0 Å². The van der Waals surface area contributed by atoms with Crippen molar-refractivity contribution in [1.82, 2.24) is 0 Å². The first kappa shape index (κ1) is 18.2. The van der Waals surface area contributed by atoms with E-state index in [2.05, 4.69) is 52.8 Å². The summed E-state index contributed by atoms with van der Waals surface area (Å²) in [5.74, 6) is 0.885. The molecule has 0 spiro atoms. The molecule has 0 saturated carbocycles. The molecule has 1 aliphatic carbocycles. The summed E-state index contributed by atoms with van der Waals surface area (Å²) < 4.78 is 0. The molecule has 0 aliphatic heterocycles. The molecule has 0 unspecified atom stereocenters. The van der Waals surface area contributed by atoms with Crippen LogP contribution < -0.4 is 0 Å². The van der Waals surface area contributed by atoms with Crippen molar-refractivity contribution in [3.63, 3.8) is 0 Å². The van der Waals surface area contributed by atoms with Crippen LogP contribution in [0.15, 0.2) is 34.9 Å². The lowest BCUT2D eigenvalue weighted by Crippen LogP contribution is -2.24. The molecule has 1 heteroatoms. The summed E-state index contributed by atoms with van der Waals surface area (Å²) in [4.78, 5) is 0. The van der Waals surface area contributed by atoms with E-state index >= 15 is 0 Å². The van der Waals surface area contributed by atoms with Gasteiger partial charge in [-0.25, -0.2) is 0 Å². The molecule has 0 fully saturated rings. The molecule has 2 atom stereocenters. The molecule has 0 amide bonds. The van der Waals surface area contributed by atoms with Crippen molar-refractivity contribution in [2.45, 2.75) is 79.2 Å². The van der Waals surface area contributed by atoms with E-state index in [1.54, 1.807) is 0 Å². The number of hydrogen-bond donors (Lipinski definition) is 1. The minimum Gasteiger partial charge on any atom is -0.389 e. The Hall–Kier alpha value is -0.820. The van der Waals surface area contributed by atoms with Crippen LogP contribution in [0, 0.1) is 11.8 Å². The van der Waals surface area contributed by atoms with Crippen molar-refractivity contribution < 1.29 is 5.11 Å². The molecule has 120 valence electrons. The minimum atomic E-state index is -0.300. The van der Waals surface area contributed by atoms with Crippen molar-refractivity contribution in [3.8, 4) is 0 Å². The lowest BCUT2D eigenvalue weighted by Gasteiger charge is -2.25. The molecule has 0 saturated heterocycles. The highest BCUT2D eigenvalue weighted by atomic mass is 16.3. The number of rotatable bonds is 1. The van der Waals surface area contributed by atoms with Crippen molar-refractivity contribution in [3.05, 3.63) is 34.9 Å². The molecule has 1 N–H and O–H groups in total. The Balaban J connectivity index is 2.88. The smallest absolute Gasteiger partial charge is 0.0754 e. The van der Waals surface area contributed by atoms with E-state index in [0.29, 0.717) is 11.8 Å². The average Bonchev–Trinajstić information content (AvgIpc) is 2.37. The van der Waals surface area contributed by atoms with Crippen LogP contribution in [0.1, 0.15) is 73.1 Å². The molecule has 1 nitrogen and oxygen atoms in total. The highest BCUT2D eigenvalue weighted by Gasteiger charge is 2.20. The molecule has 0 aromatic heterocycles. The SMILES string of the molecule is C/C1=C/CC/C(C)=C/[C@H](O)[C@H](C(C)C)CC/C(C)=C\CC1. The topological polar surface area (TPSA) is 20.2 Å². The standard InChI is InChI=1S/C20H34O/c1-15(2)19-13-12-17(4)10-6-8-16(3)9-7-11-18(5)14-20(19)21/h9-10,14-15,19-21H,6-8,11-13H2,1-5H3/b16-9-,17-10-,18-14+/t19-,20-/m0/s1. The second-order valence-corrected chi connectivity index (χ2v) is 7.13. The van der Waals surface area contributed by atoms with Gasteiger partial charge in [-0.15, -0.1) is 0 Å². The summed E-state index contributed by atoms with van der Waals surface area (Å²) in [6.45, 7) is 11.1. The van der Waals surface area contributed by atoms with Gasteiger partial charge in [0.05, 0.1) is 6.10 Å². The largest absolute Gasteiger partial charge is 0.389 e. The maximum atomic E-state index is 10.5. The van der Waals surface area contributed by atoms with Gasteiger partial charge < -0.3 is 5.11 Å². The van der Waals surface area contributed by atoms with Gasteiger partial charge in [0.15, 0.2) is 0 Å². The van der Waals surface area contributed by atoms with Crippen LogP contribution in [-0.4, -0.2) is 11.2 Å². The van der Waals surface area contributed by atoms with Crippen molar-refractivity contribution in [2.75, 3.05) is 0 Å². The molecule has 0 aromatic carbocycles. The zero-order valence-corrected chi connectivity index (χ0v) is 14.7. The Morgan fingerprint density at radius 2 is 1.43 bits per heavy atom. The van der Waals surface area contributed by atoms with Gasteiger partial charge in [-0.3, -0.25) is 0 Å². The molecule has 0 radical (unpaired) electrons. The third-order valence-electron chi connectivity index (χ3n) is 4.69. The molecule has 1 rings (SSSR count). The van der Waals surface area contributed by atoms with Crippen molar-refractivity contribution in [1.29, 1.82) is 0 Å². The van der Waals surface area contributed by atoms with Gasteiger partial charge in [-0.05, 0) is 71.1 Å². The summed E-state index contributed by atoms with van der Waals surface area (Å²) in [5.41, 5.74) is 4.28. The lowest BCUT2D eigenvalue weighted by atomic mass is 9.84. The van der Waals surface area contributed by atoms with E-state index < -0.39 is 0 Å². The van der Waals surface area contributed by atoms with Crippen LogP contribution in [0.5, 0.6) is 0 Å². The summed E-state index contributed by atoms with van der Waals surface area (Å²) in [5, 5.41) is 10.5. The predicted molar refractivity (Wildman–Crippen MR) is 93.3 cm³/mol. The van der Waals surface area contributed by atoms with E-state index in [4.69, 9.17) is 0 Å². The molecule has 0 bridgehead atoms. The Morgan fingerprint density at radius 3 is 2.00 bits per heavy atom. The molecule has 1 aliphatic rings. The van der Waals surface area contributed by atoms with Gasteiger partial charge >= 0.3 is 0 Å². The van der Waals surface area contributed by atoms with Crippen molar-refractivity contribution in [2.24, 2.45) is 11.8 Å². The second kappa shape index (κ2) is 9.25. The highest BCUT2D eigenvalue weighted by molar-refractivity contribution is 5.09. The monoisotopic (exact) mass is 290 g/mol. The summed E-state index contributed by atoms with van der Waals surface area (Å²) >= 11 is 0. The number of aliphatic hydroxyl groups excluding tert-OH is 1. The van der Waals surface area contributed by atoms with Crippen LogP contribution in [0.2, 0.25) is 0 Å². The van der Waals surface area contributed by atoms with E-state index in [1.807, 2.05) is 0 Å². The van der Waals surface area contributed by atoms with Gasteiger partial charge in [-0.2, -0.15) is 0 Å².